The van der Waals surface area contributed by atoms with Crippen molar-refractivity contribution in [1.82, 2.24) is 0 Å². The summed E-state index contributed by atoms with van der Waals surface area (Å²) in [5.41, 5.74) is 0. The predicted octanol–water partition coefficient (Wildman–Crippen LogP) is 6.13. The lowest BCUT2D eigenvalue weighted by Crippen LogP contribution is -2.05. The van der Waals surface area contributed by atoms with Gasteiger partial charge in [-0.1, -0.05) is 69.8 Å². The molecule has 0 aromatic carbocycles. The Morgan fingerprint density at radius 2 is 1.54 bits per heavy atom. The Morgan fingerprint density at radius 3 is 2.21 bits per heavy atom. The van der Waals surface area contributed by atoms with Gasteiger partial charge in [0.15, 0.2) is 0 Å². The summed E-state index contributed by atoms with van der Waals surface area (Å²) >= 11 is 0. The maximum atomic E-state index is 10.4. The smallest absolute Gasteiger partial charge is 0.303 e. The summed E-state index contributed by atoms with van der Waals surface area (Å²) in [6.45, 7) is 2.20. The summed E-state index contributed by atoms with van der Waals surface area (Å²) in [4.78, 5) is 14.9. The topological polar surface area (TPSA) is 66.8 Å². The minimum absolute atomic E-state index is 0.247. The molecule has 0 spiro atoms. The first-order valence-corrected chi connectivity index (χ1v) is 9.54. The molecule has 0 heterocycles. The Balaban J connectivity index is 3.52. The minimum Gasteiger partial charge on any atom is -0.481 e. The zero-order chi connectivity index (χ0) is 17.9. The number of aliphatic carboxylic acids is 1. The first kappa shape index (κ1) is 22.9. The lowest BCUT2D eigenvalue weighted by Gasteiger charge is -2.05. The van der Waals surface area contributed by atoms with Gasteiger partial charge in [-0.05, 0) is 38.5 Å². The molecule has 0 radical (unpaired) electrons. The fourth-order valence-electron chi connectivity index (χ4n) is 2.51. The third kappa shape index (κ3) is 17.2. The van der Waals surface area contributed by atoms with Crippen molar-refractivity contribution in [3.8, 4) is 0 Å². The molecule has 0 amide bonds. The zero-order valence-electron chi connectivity index (χ0n) is 15.3. The SMILES string of the molecule is CCCCC/C=C\CC(/C=C/CCCCCCCCC(=O)O)OO. The van der Waals surface area contributed by atoms with Gasteiger partial charge < -0.3 is 5.11 Å². The first-order valence-electron chi connectivity index (χ1n) is 9.54. The van der Waals surface area contributed by atoms with Crippen LogP contribution in [0.5, 0.6) is 0 Å². The van der Waals surface area contributed by atoms with E-state index < -0.39 is 5.97 Å². The molecule has 1 unspecified atom stereocenters. The van der Waals surface area contributed by atoms with Crippen molar-refractivity contribution in [3.05, 3.63) is 24.3 Å². The van der Waals surface area contributed by atoms with E-state index in [2.05, 4.69) is 30.0 Å². The molecule has 0 aromatic heterocycles. The van der Waals surface area contributed by atoms with E-state index in [4.69, 9.17) is 10.4 Å². The Morgan fingerprint density at radius 1 is 0.917 bits per heavy atom. The summed E-state index contributed by atoms with van der Waals surface area (Å²) in [6.07, 6.45) is 21.2. The standard InChI is InChI=1S/C20H36O4/c1-2-3-4-5-10-13-16-19(24-23)17-14-11-8-6-7-9-12-15-18-20(21)22/h10,13-14,17,19,23H,2-9,11-12,15-16,18H2,1H3,(H,21,22)/b13-10-,17-14+. The quantitative estimate of drug-likeness (QED) is 0.145. The van der Waals surface area contributed by atoms with Crippen LogP contribution in [0.3, 0.4) is 0 Å². The molecule has 0 aromatic rings. The zero-order valence-corrected chi connectivity index (χ0v) is 15.3. The summed E-state index contributed by atoms with van der Waals surface area (Å²) in [5, 5.41) is 17.4. The van der Waals surface area contributed by atoms with E-state index in [1.54, 1.807) is 0 Å². The van der Waals surface area contributed by atoms with E-state index >= 15 is 0 Å². The van der Waals surface area contributed by atoms with Gasteiger partial charge in [0.1, 0.15) is 6.10 Å². The number of unbranched alkanes of at least 4 members (excludes halogenated alkanes) is 9. The fraction of sp³-hybridized carbons (Fsp3) is 0.750. The van der Waals surface area contributed by atoms with E-state index in [1.165, 1.54) is 25.7 Å². The second kappa shape index (κ2) is 18.2. The van der Waals surface area contributed by atoms with Crippen LogP contribution >= 0.6 is 0 Å². The molecule has 0 saturated heterocycles. The minimum atomic E-state index is -0.698. The average Bonchev–Trinajstić information content (AvgIpc) is 2.57. The van der Waals surface area contributed by atoms with Crippen LogP contribution in [0.2, 0.25) is 0 Å². The van der Waals surface area contributed by atoms with Gasteiger partial charge in [0, 0.05) is 6.42 Å². The van der Waals surface area contributed by atoms with Gasteiger partial charge in [-0.2, -0.15) is 0 Å². The van der Waals surface area contributed by atoms with Crippen molar-refractivity contribution in [3.63, 3.8) is 0 Å². The molecule has 0 fully saturated rings. The maximum absolute atomic E-state index is 10.4. The number of carbonyl (C=O) groups is 1. The van der Waals surface area contributed by atoms with Crippen LogP contribution in [0, 0.1) is 0 Å². The van der Waals surface area contributed by atoms with E-state index in [0.717, 1.165) is 44.9 Å². The van der Waals surface area contributed by atoms with Crippen molar-refractivity contribution in [2.45, 2.75) is 96.5 Å². The lowest BCUT2D eigenvalue weighted by molar-refractivity contribution is -0.264. The van der Waals surface area contributed by atoms with Crippen LogP contribution in [0.25, 0.3) is 0 Å². The number of rotatable bonds is 17. The van der Waals surface area contributed by atoms with Crippen LogP contribution in [0.15, 0.2) is 24.3 Å². The van der Waals surface area contributed by atoms with Gasteiger partial charge in [0.25, 0.3) is 0 Å². The predicted molar refractivity (Wildman–Crippen MR) is 99.1 cm³/mol. The number of hydrogen-bond donors (Lipinski definition) is 2. The molecule has 0 aliphatic heterocycles. The molecule has 2 N–H and O–H groups in total. The van der Waals surface area contributed by atoms with Crippen molar-refractivity contribution in [1.29, 1.82) is 0 Å². The third-order valence-electron chi connectivity index (χ3n) is 4.01. The van der Waals surface area contributed by atoms with E-state index in [0.29, 0.717) is 12.8 Å². The van der Waals surface area contributed by atoms with Crippen molar-refractivity contribution in [2.24, 2.45) is 0 Å². The Hall–Kier alpha value is -1.13. The highest BCUT2D eigenvalue weighted by atomic mass is 17.1. The number of carboxylic acid groups (broad SMARTS) is 1. The number of carboxylic acids is 1. The molecule has 0 bridgehead atoms. The molecule has 4 nitrogen and oxygen atoms in total. The van der Waals surface area contributed by atoms with Gasteiger partial charge in [-0.3, -0.25) is 10.1 Å². The van der Waals surface area contributed by atoms with E-state index in [-0.39, 0.29) is 6.10 Å². The fourth-order valence-corrected chi connectivity index (χ4v) is 2.51. The van der Waals surface area contributed by atoms with Crippen LogP contribution in [-0.2, 0) is 9.68 Å². The van der Waals surface area contributed by atoms with Gasteiger partial charge in [0.2, 0.25) is 0 Å². The highest BCUT2D eigenvalue weighted by molar-refractivity contribution is 5.66. The first-order chi connectivity index (χ1) is 11.7. The third-order valence-corrected chi connectivity index (χ3v) is 4.01. The van der Waals surface area contributed by atoms with Gasteiger partial charge in [-0.15, -0.1) is 0 Å². The molecular formula is C20H36O4. The molecule has 4 heteroatoms. The summed E-state index contributed by atoms with van der Waals surface area (Å²) in [7, 11) is 0. The highest BCUT2D eigenvalue weighted by Crippen LogP contribution is 2.10. The molecule has 0 aliphatic rings. The van der Waals surface area contributed by atoms with E-state index in [1.807, 2.05) is 6.08 Å². The molecule has 0 saturated carbocycles. The summed E-state index contributed by atoms with van der Waals surface area (Å²) in [6, 6.07) is 0. The van der Waals surface area contributed by atoms with Gasteiger partial charge in [0.05, 0.1) is 0 Å². The Labute approximate surface area is 147 Å². The largest absolute Gasteiger partial charge is 0.481 e. The molecule has 1 atom stereocenters. The Kier molecular flexibility index (Phi) is 17.4. The second-order valence-electron chi connectivity index (χ2n) is 6.33. The van der Waals surface area contributed by atoms with Crippen molar-refractivity contribution >= 4 is 5.97 Å². The van der Waals surface area contributed by atoms with E-state index in [9.17, 15) is 4.79 Å². The molecule has 140 valence electrons. The summed E-state index contributed by atoms with van der Waals surface area (Å²) in [5.74, 6) is -0.698. The Bertz CT molecular complexity index is 337. The van der Waals surface area contributed by atoms with Gasteiger partial charge >= 0.3 is 5.97 Å². The lowest BCUT2D eigenvalue weighted by atomic mass is 10.1. The number of hydrogen-bond acceptors (Lipinski definition) is 3. The van der Waals surface area contributed by atoms with Crippen LogP contribution in [0.1, 0.15) is 90.4 Å². The molecule has 0 rings (SSSR count). The molecule has 24 heavy (non-hydrogen) atoms. The maximum Gasteiger partial charge on any atom is 0.303 e. The van der Waals surface area contributed by atoms with Crippen molar-refractivity contribution < 1.29 is 20.0 Å². The van der Waals surface area contributed by atoms with Crippen LogP contribution in [0.4, 0.5) is 0 Å². The second-order valence-corrected chi connectivity index (χ2v) is 6.33. The normalized spacial score (nSPS) is 13.1. The van der Waals surface area contributed by atoms with Crippen LogP contribution in [-0.4, -0.2) is 22.4 Å². The highest BCUT2D eigenvalue weighted by Gasteiger charge is 2.01. The monoisotopic (exact) mass is 340 g/mol. The summed E-state index contributed by atoms with van der Waals surface area (Å²) < 4.78 is 0. The molecular weight excluding hydrogens is 304 g/mol. The molecule has 0 aliphatic carbocycles. The number of allylic oxidation sites excluding steroid dienone is 2. The average molecular weight is 341 g/mol. The van der Waals surface area contributed by atoms with Crippen LogP contribution < -0.4 is 0 Å². The van der Waals surface area contributed by atoms with Gasteiger partial charge in [-0.25, -0.2) is 4.89 Å². The van der Waals surface area contributed by atoms with Crippen molar-refractivity contribution in [2.75, 3.05) is 0 Å².